The van der Waals surface area contributed by atoms with Gasteiger partial charge in [0.2, 0.25) is 11.8 Å². The monoisotopic (exact) mass is 386 g/mol. The number of piperazine rings is 1. The predicted octanol–water partition coefficient (Wildman–Crippen LogP) is 2.91. The van der Waals surface area contributed by atoms with Crippen LogP contribution in [0.1, 0.15) is 55.8 Å². The fourth-order valence-electron chi connectivity index (χ4n) is 3.96. The van der Waals surface area contributed by atoms with Crippen LogP contribution in [0.15, 0.2) is 24.3 Å². The molecule has 6 heteroatoms. The summed E-state index contributed by atoms with van der Waals surface area (Å²) in [7, 11) is 0. The van der Waals surface area contributed by atoms with Crippen LogP contribution in [-0.2, 0) is 9.59 Å². The number of amides is 2. The maximum absolute atomic E-state index is 12.5. The van der Waals surface area contributed by atoms with Crippen molar-refractivity contribution in [3.05, 3.63) is 29.8 Å². The van der Waals surface area contributed by atoms with E-state index in [1.807, 2.05) is 9.80 Å². The smallest absolute Gasteiger partial charge is 0.225 e. The van der Waals surface area contributed by atoms with Crippen molar-refractivity contribution in [2.75, 3.05) is 32.8 Å². The molecular weight excluding hydrogens is 356 g/mol. The van der Waals surface area contributed by atoms with Crippen LogP contribution in [0.2, 0.25) is 0 Å². The molecule has 0 bridgehead atoms. The Balaban J connectivity index is 1.33. The largest absolute Gasteiger partial charge is 0.494 e. The zero-order valence-electron chi connectivity index (χ0n) is 16.7. The van der Waals surface area contributed by atoms with Crippen molar-refractivity contribution < 1.29 is 19.1 Å². The van der Waals surface area contributed by atoms with E-state index in [9.17, 15) is 14.4 Å². The van der Waals surface area contributed by atoms with Gasteiger partial charge in [-0.2, -0.15) is 0 Å². The Morgan fingerprint density at radius 3 is 2.18 bits per heavy atom. The lowest BCUT2D eigenvalue weighted by Crippen LogP contribution is -2.51. The van der Waals surface area contributed by atoms with Gasteiger partial charge in [-0.15, -0.1) is 0 Å². The molecule has 152 valence electrons. The second-order valence-corrected chi connectivity index (χ2v) is 7.72. The molecule has 0 aromatic heterocycles. The van der Waals surface area contributed by atoms with E-state index < -0.39 is 0 Å². The highest BCUT2D eigenvalue weighted by Crippen LogP contribution is 2.27. The molecule has 2 fully saturated rings. The third kappa shape index (κ3) is 5.33. The second-order valence-electron chi connectivity index (χ2n) is 7.72. The van der Waals surface area contributed by atoms with Crippen molar-refractivity contribution in [2.45, 2.75) is 45.4 Å². The summed E-state index contributed by atoms with van der Waals surface area (Å²) in [6.07, 6.45) is 5.47. The maximum atomic E-state index is 12.5. The van der Waals surface area contributed by atoms with Crippen LogP contribution in [0.5, 0.6) is 5.75 Å². The van der Waals surface area contributed by atoms with Crippen molar-refractivity contribution in [2.24, 2.45) is 5.92 Å². The standard InChI is InChI=1S/C22H30N2O4/c1-17(25)18-8-10-20(11-9-18)28-16-4-7-21(26)23-12-14-24(15-13-23)22(27)19-5-2-3-6-19/h8-11,19H,2-7,12-16H2,1H3. The average molecular weight is 386 g/mol. The summed E-state index contributed by atoms with van der Waals surface area (Å²) in [6.45, 7) is 4.56. The van der Waals surface area contributed by atoms with Crippen LogP contribution in [0.25, 0.3) is 0 Å². The second kappa shape index (κ2) is 9.71. The molecule has 1 heterocycles. The molecule has 28 heavy (non-hydrogen) atoms. The first-order chi connectivity index (χ1) is 13.5. The Morgan fingerprint density at radius 1 is 0.964 bits per heavy atom. The number of carbonyl (C=O) groups excluding carboxylic acids is 3. The Labute approximate surface area is 166 Å². The fourth-order valence-corrected chi connectivity index (χ4v) is 3.96. The van der Waals surface area contributed by atoms with Crippen LogP contribution in [0, 0.1) is 5.92 Å². The minimum atomic E-state index is 0.0298. The summed E-state index contributed by atoms with van der Waals surface area (Å²) in [5, 5.41) is 0. The lowest BCUT2D eigenvalue weighted by atomic mass is 10.1. The number of ketones is 1. The molecule has 0 N–H and O–H groups in total. The van der Waals surface area contributed by atoms with Crippen molar-refractivity contribution in [1.29, 1.82) is 0 Å². The van der Waals surface area contributed by atoms with Crippen LogP contribution in [-0.4, -0.2) is 60.2 Å². The number of carbonyl (C=O) groups is 3. The highest BCUT2D eigenvalue weighted by atomic mass is 16.5. The van der Waals surface area contributed by atoms with E-state index in [1.165, 1.54) is 6.92 Å². The van der Waals surface area contributed by atoms with Gasteiger partial charge in [-0.3, -0.25) is 14.4 Å². The number of benzene rings is 1. The quantitative estimate of drug-likeness (QED) is 0.534. The summed E-state index contributed by atoms with van der Waals surface area (Å²) in [5.41, 5.74) is 0.660. The van der Waals surface area contributed by atoms with E-state index in [1.54, 1.807) is 24.3 Å². The normalized spacial score (nSPS) is 17.6. The summed E-state index contributed by atoms with van der Waals surface area (Å²) in [4.78, 5) is 39.9. The van der Waals surface area contributed by atoms with Gasteiger partial charge < -0.3 is 14.5 Å². The topological polar surface area (TPSA) is 66.9 Å². The van der Waals surface area contributed by atoms with Crippen LogP contribution in [0.3, 0.4) is 0 Å². The Kier molecular flexibility index (Phi) is 7.06. The molecule has 3 rings (SSSR count). The first kappa shape index (κ1) is 20.4. The van der Waals surface area contributed by atoms with Gasteiger partial charge in [0, 0.05) is 44.1 Å². The SMILES string of the molecule is CC(=O)c1ccc(OCCCC(=O)N2CCN(C(=O)C3CCCC3)CC2)cc1. The first-order valence-corrected chi connectivity index (χ1v) is 10.3. The van der Waals surface area contributed by atoms with Crippen LogP contribution in [0.4, 0.5) is 0 Å². The molecule has 0 radical (unpaired) electrons. The van der Waals surface area contributed by atoms with Crippen molar-refractivity contribution in [1.82, 2.24) is 9.80 Å². The Hall–Kier alpha value is -2.37. The molecule has 2 aliphatic rings. The van der Waals surface area contributed by atoms with Gasteiger partial charge >= 0.3 is 0 Å². The van der Waals surface area contributed by atoms with Gasteiger partial charge in [-0.1, -0.05) is 12.8 Å². The Bertz CT molecular complexity index is 687. The molecule has 0 atom stereocenters. The third-order valence-electron chi connectivity index (χ3n) is 5.71. The van der Waals surface area contributed by atoms with Gasteiger partial charge in [0.15, 0.2) is 5.78 Å². The predicted molar refractivity (Wildman–Crippen MR) is 106 cm³/mol. The summed E-state index contributed by atoms with van der Waals surface area (Å²) in [6, 6.07) is 7.04. The number of hydrogen-bond acceptors (Lipinski definition) is 4. The van der Waals surface area contributed by atoms with Gasteiger partial charge in [0.1, 0.15) is 5.75 Å². The van der Waals surface area contributed by atoms with Gasteiger partial charge in [-0.25, -0.2) is 0 Å². The molecule has 1 aliphatic heterocycles. The fraction of sp³-hybridized carbons (Fsp3) is 0.591. The van der Waals surface area contributed by atoms with Crippen molar-refractivity contribution in [3.63, 3.8) is 0 Å². The lowest BCUT2D eigenvalue weighted by Gasteiger charge is -2.36. The van der Waals surface area contributed by atoms with Crippen LogP contribution < -0.4 is 4.74 Å². The van der Waals surface area contributed by atoms with Crippen LogP contribution >= 0.6 is 0 Å². The number of rotatable bonds is 7. The van der Waals surface area contributed by atoms with Gasteiger partial charge in [0.05, 0.1) is 6.61 Å². The zero-order chi connectivity index (χ0) is 19.9. The summed E-state index contributed by atoms with van der Waals surface area (Å²) in [5.74, 6) is 1.36. The van der Waals surface area contributed by atoms with E-state index in [0.29, 0.717) is 56.9 Å². The number of ether oxygens (including phenoxy) is 1. The molecule has 2 amide bonds. The van der Waals surface area contributed by atoms with E-state index in [-0.39, 0.29) is 23.5 Å². The zero-order valence-corrected chi connectivity index (χ0v) is 16.7. The molecular formula is C22H30N2O4. The highest BCUT2D eigenvalue weighted by molar-refractivity contribution is 5.94. The average Bonchev–Trinajstić information content (AvgIpc) is 3.26. The van der Waals surface area contributed by atoms with E-state index in [0.717, 1.165) is 25.7 Å². The van der Waals surface area contributed by atoms with Gasteiger partial charge in [-0.05, 0) is 50.5 Å². The van der Waals surface area contributed by atoms with Crippen molar-refractivity contribution in [3.8, 4) is 5.75 Å². The first-order valence-electron chi connectivity index (χ1n) is 10.3. The summed E-state index contributed by atoms with van der Waals surface area (Å²) >= 11 is 0. The molecule has 1 saturated heterocycles. The Morgan fingerprint density at radius 2 is 1.57 bits per heavy atom. The lowest BCUT2D eigenvalue weighted by molar-refractivity contribution is -0.142. The van der Waals surface area contributed by atoms with Crippen molar-refractivity contribution >= 4 is 17.6 Å². The third-order valence-corrected chi connectivity index (χ3v) is 5.71. The highest BCUT2D eigenvalue weighted by Gasteiger charge is 2.30. The minimum absolute atomic E-state index is 0.0298. The molecule has 1 aromatic carbocycles. The number of hydrogen-bond donors (Lipinski definition) is 0. The van der Waals surface area contributed by atoms with E-state index >= 15 is 0 Å². The molecule has 6 nitrogen and oxygen atoms in total. The molecule has 0 unspecified atom stereocenters. The van der Waals surface area contributed by atoms with Gasteiger partial charge in [0.25, 0.3) is 0 Å². The number of Topliss-reactive ketones (excluding diaryl/α,β-unsaturated/α-hetero) is 1. The van der Waals surface area contributed by atoms with E-state index in [2.05, 4.69) is 0 Å². The minimum Gasteiger partial charge on any atom is -0.494 e. The number of nitrogens with zero attached hydrogens (tertiary/aromatic N) is 2. The summed E-state index contributed by atoms with van der Waals surface area (Å²) < 4.78 is 5.65. The molecule has 1 saturated carbocycles. The molecule has 0 spiro atoms. The van der Waals surface area contributed by atoms with E-state index in [4.69, 9.17) is 4.74 Å². The molecule has 1 aliphatic carbocycles. The molecule has 1 aromatic rings. The maximum Gasteiger partial charge on any atom is 0.225 e.